The van der Waals surface area contributed by atoms with Gasteiger partial charge in [0.25, 0.3) is 6.43 Å². The number of pyridine rings is 1. The lowest BCUT2D eigenvalue weighted by Crippen LogP contribution is -2.15. The normalized spacial score (nSPS) is 10.5. The minimum Gasteiger partial charge on any atom is -0.464 e. The van der Waals surface area contributed by atoms with Crippen molar-refractivity contribution < 1.29 is 23.0 Å². The zero-order valence-corrected chi connectivity index (χ0v) is 10.4. The van der Waals surface area contributed by atoms with E-state index in [4.69, 9.17) is 5.73 Å². The largest absolute Gasteiger partial charge is 0.464 e. The lowest BCUT2D eigenvalue weighted by molar-refractivity contribution is 0.0214. The van der Waals surface area contributed by atoms with E-state index in [1.165, 1.54) is 19.2 Å². The first-order valence-electron chi connectivity index (χ1n) is 5.49. The third-order valence-electron chi connectivity index (χ3n) is 2.10. The number of nitrogen functional groups attached to an aromatic ring is 1. The van der Waals surface area contributed by atoms with Gasteiger partial charge in [0.1, 0.15) is 12.4 Å². The number of hydrogen-bond acceptors (Lipinski definition) is 6. The highest BCUT2D eigenvalue weighted by atomic mass is 19.3. The number of ether oxygens (including phenoxy) is 2. The number of carbonyl (C=O) groups is 1. The highest BCUT2D eigenvalue weighted by molar-refractivity contribution is 5.88. The van der Waals surface area contributed by atoms with Crippen molar-refractivity contribution in [1.82, 2.24) is 4.98 Å². The minimum atomic E-state index is -2.49. The number of nitrogens with two attached hydrogens (primary N) is 1. The van der Waals surface area contributed by atoms with Gasteiger partial charge >= 0.3 is 5.97 Å². The van der Waals surface area contributed by atoms with Crippen molar-refractivity contribution in [3.63, 3.8) is 0 Å². The highest BCUT2D eigenvalue weighted by Crippen LogP contribution is 2.15. The Hall–Kier alpha value is -1.96. The molecule has 0 bridgehead atoms. The molecule has 8 heteroatoms. The predicted octanol–water partition coefficient (Wildman–Crippen LogP) is 1.14. The molecule has 0 aliphatic carbocycles. The Kier molecular flexibility index (Phi) is 5.94. The molecule has 1 rings (SSSR count). The third-order valence-corrected chi connectivity index (χ3v) is 2.10. The fraction of sp³-hybridized carbons (Fsp3) is 0.455. The van der Waals surface area contributed by atoms with Crippen molar-refractivity contribution in [3.8, 4) is 0 Å². The molecule has 1 aromatic heterocycles. The first kappa shape index (κ1) is 15.1. The molecule has 0 radical (unpaired) electrons. The second-order valence-electron chi connectivity index (χ2n) is 3.52. The Morgan fingerprint density at radius 2 is 2.26 bits per heavy atom. The Morgan fingerprint density at radius 1 is 1.53 bits per heavy atom. The van der Waals surface area contributed by atoms with Gasteiger partial charge in [-0.2, -0.15) is 0 Å². The summed E-state index contributed by atoms with van der Waals surface area (Å²) >= 11 is 0. The van der Waals surface area contributed by atoms with Crippen LogP contribution in [0.4, 0.5) is 20.3 Å². The monoisotopic (exact) mass is 275 g/mol. The second kappa shape index (κ2) is 7.47. The van der Waals surface area contributed by atoms with Gasteiger partial charge in [0.05, 0.1) is 19.4 Å². The van der Waals surface area contributed by atoms with E-state index in [1.807, 2.05) is 0 Å². The number of rotatable bonds is 7. The molecule has 0 saturated heterocycles. The molecule has 0 aromatic carbocycles. The van der Waals surface area contributed by atoms with Crippen LogP contribution in [0.15, 0.2) is 12.1 Å². The number of hydrogen-bond donors (Lipinski definition) is 2. The van der Waals surface area contributed by atoms with E-state index in [0.717, 1.165) is 0 Å². The summed E-state index contributed by atoms with van der Waals surface area (Å²) < 4.78 is 32.8. The molecule has 0 spiro atoms. The fourth-order valence-corrected chi connectivity index (χ4v) is 1.24. The van der Waals surface area contributed by atoms with E-state index >= 15 is 0 Å². The minimum absolute atomic E-state index is 0.0773. The third kappa shape index (κ3) is 5.04. The van der Waals surface area contributed by atoms with Crippen molar-refractivity contribution >= 4 is 17.5 Å². The SMILES string of the molecule is COC(=O)c1ccc(N)c(NCCOCC(F)F)n1. The van der Waals surface area contributed by atoms with E-state index in [-0.39, 0.29) is 24.7 Å². The van der Waals surface area contributed by atoms with Gasteiger partial charge in [0.2, 0.25) is 0 Å². The molecular weight excluding hydrogens is 260 g/mol. The van der Waals surface area contributed by atoms with Crippen molar-refractivity contribution in [1.29, 1.82) is 0 Å². The number of esters is 1. The first-order valence-corrected chi connectivity index (χ1v) is 5.49. The molecule has 0 atom stereocenters. The van der Waals surface area contributed by atoms with E-state index in [0.29, 0.717) is 5.69 Å². The van der Waals surface area contributed by atoms with Crippen molar-refractivity contribution in [2.45, 2.75) is 6.43 Å². The topological polar surface area (TPSA) is 86.5 Å². The number of aromatic nitrogens is 1. The van der Waals surface area contributed by atoms with Crippen molar-refractivity contribution in [2.75, 3.05) is 37.9 Å². The van der Waals surface area contributed by atoms with Gasteiger partial charge in [-0.1, -0.05) is 0 Å². The molecular formula is C11H15F2N3O3. The molecule has 1 aromatic rings. The number of alkyl halides is 2. The number of nitrogens with one attached hydrogen (secondary N) is 1. The maximum absolute atomic E-state index is 11.8. The van der Waals surface area contributed by atoms with Gasteiger partial charge in [-0.15, -0.1) is 0 Å². The van der Waals surface area contributed by atoms with Gasteiger partial charge in [-0.05, 0) is 12.1 Å². The quantitative estimate of drug-likeness (QED) is 0.573. The first-order chi connectivity index (χ1) is 9.04. The smallest absolute Gasteiger partial charge is 0.356 e. The summed E-state index contributed by atoms with van der Waals surface area (Å²) in [6, 6.07) is 2.93. The average molecular weight is 275 g/mol. The molecule has 0 amide bonds. The van der Waals surface area contributed by atoms with Crippen LogP contribution in [-0.2, 0) is 9.47 Å². The van der Waals surface area contributed by atoms with Crippen LogP contribution in [0.2, 0.25) is 0 Å². The molecule has 0 saturated carbocycles. The van der Waals surface area contributed by atoms with Crippen LogP contribution in [0.5, 0.6) is 0 Å². The molecule has 1 heterocycles. The summed E-state index contributed by atoms with van der Waals surface area (Å²) in [5.74, 6) is -0.305. The van der Waals surface area contributed by atoms with E-state index in [1.54, 1.807) is 0 Å². The second-order valence-corrected chi connectivity index (χ2v) is 3.52. The summed E-state index contributed by atoms with van der Waals surface area (Å²) in [6.07, 6.45) is -2.49. The standard InChI is InChI=1S/C11H15F2N3O3/c1-18-11(17)8-3-2-7(14)10(16-8)15-4-5-19-6-9(12)13/h2-3,9H,4-6,14H2,1H3,(H,15,16). The van der Waals surface area contributed by atoms with Crippen LogP contribution in [0.1, 0.15) is 10.5 Å². The molecule has 106 valence electrons. The number of nitrogens with zero attached hydrogens (tertiary/aromatic N) is 1. The fourth-order valence-electron chi connectivity index (χ4n) is 1.24. The van der Waals surface area contributed by atoms with Crippen LogP contribution in [0.25, 0.3) is 0 Å². The van der Waals surface area contributed by atoms with Gasteiger partial charge in [0.15, 0.2) is 5.69 Å². The highest BCUT2D eigenvalue weighted by Gasteiger charge is 2.10. The number of halogens is 2. The van der Waals surface area contributed by atoms with Crippen LogP contribution in [0, 0.1) is 0 Å². The number of methoxy groups -OCH3 is 1. The molecule has 0 aliphatic heterocycles. The van der Waals surface area contributed by atoms with E-state index in [9.17, 15) is 13.6 Å². The number of carbonyl (C=O) groups excluding carboxylic acids is 1. The molecule has 6 nitrogen and oxygen atoms in total. The summed E-state index contributed by atoms with van der Waals surface area (Å²) in [6.45, 7) is -0.296. The molecule has 19 heavy (non-hydrogen) atoms. The molecule has 0 fully saturated rings. The molecule has 0 unspecified atom stereocenters. The molecule has 3 N–H and O–H groups in total. The maximum atomic E-state index is 11.8. The van der Waals surface area contributed by atoms with E-state index in [2.05, 4.69) is 19.8 Å². The molecule has 0 aliphatic rings. The Balaban J connectivity index is 2.50. The Morgan fingerprint density at radius 3 is 2.89 bits per heavy atom. The zero-order valence-electron chi connectivity index (χ0n) is 10.4. The summed E-state index contributed by atoms with van der Waals surface area (Å²) in [4.78, 5) is 15.2. The van der Waals surface area contributed by atoms with Gasteiger partial charge in [0, 0.05) is 6.54 Å². The average Bonchev–Trinajstić information content (AvgIpc) is 2.39. The van der Waals surface area contributed by atoms with Crippen LogP contribution < -0.4 is 11.1 Å². The Bertz CT molecular complexity index is 430. The zero-order chi connectivity index (χ0) is 14.3. The Labute approximate surface area is 108 Å². The lowest BCUT2D eigenvalue weighted by atomic mass is 10.3. The maximum Gasteiger partial charge on any atom is 0.356 e. The van der Waals surface area contributed by atoms with Gasteiger partial charge in [-0.25, -0.2) is 18.6 Å². The van der Waals surface area contributed by atoms with Crippen molar-refractivity contribution in [2.24, 2.45) is 0 Å². The van der Waals surface area contributed by atoms with Crippen LogP contribution in [0.3, 0.4) is 0 Å². The predicted molar refractivity (Wildman–Crippen MR) is 65.3 cm³/mol. The van der Waals surface area contributed by atoms with Crippen LogP contribution in [-0.4, -0.2) is 44.2 Å². The van der Waals surface area contributed by atoms with Crippen molar-refractivity contribution in [3.05, 3.63) is 17.8 Å². The van der Waals surface area contributed by atoms with Gasteiger partial charge < -0.3 is 20.5 Å². The summed E-state index contributed by atoms with van der Waals surface area (Å²) in [5, 5.41) is 2.79. The van der Waals surface area contributed by atoms with Gasteiger partial charge in [-0.3, -0.25) is 0 Å². The lowest BCUT2D eigenvalue weighted by Gasteiger charge is -2.09. The summed E-state index contributed by atoms with van der Waals surface area (Å²) in [5.41, 5.74) is 6.10. The summed E-state index contributed by atoms with van der Waals surface area (Å²) in [7, 11) is 1.24. The van der Waals surface area contributed by atoms with Crippen LogP contribution >= 0.6 is 0 Å². The number of anilines is 2. The van der Waals surface area contributed by atoms with E-state index < -0.39 is 19.0 Å².